The Balaban J connectivity index is 2.10. The number of halogens is 2. The van der Waals surface area contributed by atoms with Crippen molar-refractivity contribution in [3.05, 3.63) is 68.1 Å². The molecule has 2 aromatic carbocycles. The summed E-state index contributed by atoms with van der Waals surface area (Å²) >= 11 is 6.85. The summed E-state index contributed by atoms with van der Waals surface area (Å²) in [4.78, 5) is 12.2. The van der Waals surface area contributed by atoms with Crippen LogP contribution in [0.3, 0.4) is 0 Å². The number of nitrogens with one attached hydrogen (secondary N) is 1. The van der Waals surface area contributed by atoms with Crippen LogP contribution < -0.4 is 5.32 Å². The molecular formula is C15H13Br2NO. The molecule has 0 aromatic heterocycles. The Labute approximate surface area is 129 Å². The molecule has 1 N–H and O–H groups in total. The maximum atomic E-state index is 12.2. The maximum Gasteiger partial charge on any atom is 0.251 e. The summed E-state index contributed by atoms with van der Waals surface area (Å²) in [5, 5.41) is 2.93. The second kappa shape index (κ2) is 6.35. The van der Waals surface area contributed by atoms with Gasteiger partial charge in [-0.1, -0.05) is 56.1 Å². The minimum absolute atomic E-state index is 0.0606. The number of aryl methyl sites for hydroxylation is 1. The van der Waals surface area contributed by atoms with Crippen LogP contribution in [0, 0.1) is 6.92 Å². The van der Waals surface area contributed by atoms with E-state index in [1.54, 1.807) is 0 Å². The molecule has 98 valence electrons. The fraction of sp³-hybridized carbons (Fsp3) is 0.133. The van der Waals surface area contributed by atoms with E-state index in [4.69, 9.17) is 0 Å². The summed E-state index contributed by atoms with van der Waals surface area (Å²) < 4.78 is 1.91. The first-order valence-corrected chi connectivity index (χ1v) is 7.44. The summed E-state index contributed by atoms with van der Waals surface area (Å²) in [7, 11) is 0. The van der Waals surface area contributed by atoms with Crippen molar-refractivity contribution >= 4 is 37.8 Å². The molecule has 0 atom stereocenters. The molecule has 0 spiro atoms. The van der Waals surface area contributed by atoms with Gasteiger partial charge in [0.2, 0.25) is 0 Å². The molecule has 0 unspecified atom stereocenters. The highest BCUT2D eigenvalue weighted by Crippen LogP contribution is 2.18. The van der Waals surface area contributed by atoms with Crippen LogP contribution in [0.5, 0.6) is 0 Å². The first kappa shape index (κ1) is 14.3. The lowest BCUT2D eigenvalue weighted by molar-refractivity contribution is 0.0950. The van der Waals surface area contributed by atoms with E-state index in [0.717, 1.165) is 20.1 Å². The Morgan fingerprint density at radius 3 is 2.63 bits per heavy atom. The number of rotatable bonds is 3. The maximum absolute atomic E-state index is 12.2. The topological polar surface area (TPSA) is 29.1 Å². The molecule has 0 aliphatic heterocycles. The van der Waals surface area contributed by atoms with E-state index >= 15 is 0 Å². The number of hydrogen-bond acceptors (Lipinski definition) is 1. The van der Waals surface area contributed by atoms with Crippen molar-refractivity contribution in [2.45, 2.75) is 13.5 Å². The summed E-state index contributed by atoms with van der Waals surface area (Å²) in [6.45, 7) is 2.44. The average molecular weight is 383 g/mol. The molecule has 4 heteroatoms. The SMILES string of the molecule is Cc1ccc(Br)cc1C(=O)NCc1ccccc1Br. The molecule has 0 aliphatic carbocycles. The van der Waals surface area contributed by atoms with E-state index < -0.39 is 0 Å². The Kier molecular flexibility index (Phi) is 4.77. The second-order valence-electron chi connectivity index (χ2n) is 4.23. The van der Waals surface area contributed by atoms with E-state index in [1.165, 1.54) is 0 Å². The molecule has 0 bridgehead atoms. The second-order valence-corrected chi connectivity index (χ2v) is 6.00. The first-order chi connectivity index (χ1) is 9.08. The van der Waals surface area contributed by atoms with Crippen LogP contribution in [-0.4, -0.2) is 5.91 Å². The number of hydrogen-bond donors (Lipinski definition) is 1. The van der Waals surface area contributed by atoms with Gasteiger partial charge in [-0.2, -0.15) is 0 Å². The van der Waals surface area contributed by atoms with Gasteiger partial charge in [0.15, 0.2) is 0 Å². The highest BCUT2D eigenvalue weighted by Gasteiger charge is 2.09. The minimum atomic E-state index is -0.0606. The van der Waals surface area contributed by atoms with Crippen molar-refractivity contribution in [3.63, 3.8) is 0 Å². The zero-order valence-electron chi connectivity index (χ0n) is 10.4. The molecule has 2 aromatic rings. The smallest absolute Gasteiger partial charge is 0.251 e. The van der Waals surface area contributed by atoms with Crippen molar-refractivity contribution in [1.29, 1.82) is 0 Å². The van der Waals surface area contributed by atoms with E-state index in [1.807, 2.05) is 49.4 Å². The fourth-order valence-electron chi connectivity index (χ4n) is 1.75. The Bertz CT molecular complexity index is 611. The molecular weight excluding hydrogens is 370 g/mol. The fourth-order valence-corrected chi connectivity index (χ4v) is 2.54. The summed E-state index contributed by atoms with van der Waals surface area (Å²) in [5.41, 5.74) is 2.72. The van der Waals surface area contributed by atoms with Gasteiger partial charge >= 0.3 is 0 Å². The van der Waals surface area contributed by atoms with Gasteiger partial charge in [0, 0.05) is 21.1 Å². The highest BCUT2D eigenvalue weighted by atomic mass is 79.9. The zero-order valence-corrected chi connectivity index (χ0v) is 13.6. The van der Waals surface area contributed by atoms with Crippen molar-refractivity contribution in [1.82, 2.24) is 5.32 Å². The van der Waals surface area contributed by atoms with Gasteiger partial charge in [-0.05, 0) is 36.2 Å². The van der Waals surface area contributed by atoms with Crippen LogP contribution >= 0.6 is 31.9 Å². The van der Waals surface area contributed by atoms with Crippen molar-refractivity contribution in [3.8, 4) is 0 Å². The molecule has 0 saturated carbocycles. The third-order valence-corrected chi connectivity index (χ3v) is 4.11. The van der Waals surface area contributed by atoms with Gasteiger partial charge in [-0.15, -0.1) is 0 Å². The first-order valence-electron chi connectivity index (χ1n) is 5.85. The monoisotopic (exact) mass is 381 g/mol. The lowest BCUT2D eigenvalue weighted by Gasteiger charge is -2.09. The normalized spacial score (nSPS) is 10.3. The summed E-state index contributed by atoms with van der Waals surface area (Å²) in [6.07, 6.45) is 0. The lowest BCUT2D eigenvalue weighted by atomic mass is 10.1. The van der Waals surface area contributed by atoms with Crippen LogP contribution in [0.25, 0.3) is 0 Å². The Morgan fingerprint density at radius 1 is 1.16 bits per heavy atom. The number of carbonyl (C=O) groups is 1. The van der Waals surface area contributed by atoms with Gasteiger partial charge in [0.25, 0.3) is 5.91 Å². The van der Waals surface area contributed by atoms with Crippen LogP contribution in [0.1, 0.15) is 21.5 Å². The van der Waals surface area contributed by atoms with Gasteiger partial charge < -0.3 is 5.32 Å². The summed E-state index contributed by atoms with van der Waals surface area (Å²) in [5.74, 6) is -0.0606. The third-order valence-electron chi connectivity index (χ3n) is 2.84. The molecule has 19 heavy (non-hydrogen) atoms. The van der Waals surface area contributed by atoms with Gasteiger partial charge in [-0.3, -0.25) is 4.79 Å². The van der Waals surface area contributed by atoms with Gasteiger partial charge in [0.05, 0.1) is 0 Å². The predicted molar refractivity (Wildman–Crippen MR) is 84.2 cm³/mol. The summed E-state index contributed by atoms with van der Waals surface area (Å²) in [6, 6.07) is 13.6. The Hall–Kier alpha value is -1.13. The van der Waals surface area contributed by atoms with Crippen LogP contribution in [-0.2, 0) is 6.54 Å². The van der Waals surface area contributed by atoms with E-state index in [0.29, 0.717) is 12.1 Å². The highest BCUT2D eigenvalue weighted by molar-refractivity contribution is 9.10. The van der Waals surface area contributed by atoms with E-state index in [9.17, 15) is 4.79 Å². The molecule has 0 fully saturated rings. The largest absolute Gasteiger partial charge is 0.348 e. The third kappa shape index (κ3) is 3.67. The van der Waals surface area contributed by atoms with E-state index in [2.05, 4.69) is 37.2 Å². The van der Waals surface area contributed by atoms with Crippen molar-refractivity contribution in [2.75, 3.05) is 0 Å². The molecule has 0 heterocycles. The number of benzene rings is 2. The van der Waals surface area contributed by atoms with Gasteiger partial charge in [-0.25, -0.2) is 0 Å². The molecule has 2 rings (SSSR count). The number of carbonyl (C=O) groups excluding carboxylic acids is 1. The van der Waals surface area contributed by atoms with E-state index in [-0.39, 0.29) is 5.91 Å². The lowest BCUT2D eigenvalue weighted by Crippen LogP contribution is -2.23. The average Bonchev–Trinajstić information content (AvgIpc) is 2.40. The van der Waals surface area contributed by atoms with Crippen molar-refractivity contribution in [2.24, 2.45) is 0 Å². The van der Waals surface area contributed by atoms with Crippen LogP contribution in [0.2, 0.25) is 0 Å². The molecule has 0 saturated heterocycles. The molecule has 0 radical (unpaired) electrons. The standard InChI is InChI=1S/C15H13Br2NO/c1-10-6-7-12(16)8-13(10)15(19)18-9-11-4-2-3-5-14(11)17/h2-8H,9H2,1H3,(H,18,19). The molecule has 0 aliphatic rings. The zero-order chi connectivity index (χ0) is 13.8. The van der Waals surface area contributed by atoms with Crippen LogP contribution in [0.4, 0.5) is 0 Å². The Morgan fingerprint density at radius 2 is 1.89 bits per heavy atom. The van der Waals surface area contributed by atoms with Crippen molar-refractivity contribution < 1.29 is 4.79 Å². The number of amides is 1. The van der Waals surface area contributed by atoms with Crippen LogP contribution in [0.15, 0.2) is 51.4 Å². The molecule has 2 nitrogen and oxygen atoms in total. The van der Waals surface area contributed by atoms with Gasteiger partial charge in [0.1, 0.15) is 0 Å². The predicted octanol–water partition coefficient (Wildman–Crippen LogP) is 4.45. The minimum Gasteiger partial charge on any atom is -0.348 e. The quantitative estimate of drug-likeness (QED) is 0.834. The molecule has 1 amide bonds.